The Morgan fingerprint density at radius 3 is 2.59 bits per heavy atom. The molecule has 0 spiro atoms. The van der Waals surface area contributed by atoms with Gasteiger partial charge >= 0.3 is 0 Å². The summed E-state index contributed by atoms with van der Waals surface area (Å²) in [5.41, 5.74) is -1.14. The number of allylic oxidation sites excluding steroid dienone is 1. The van der Waals surface area contributed by atoms with E-state index >= 15 is 0 Å². The monoisotopic (exact) mass is 238 g/mol. The van der Waals surface area contributed by atoms with Gasteiger partial charge in [0.2, 0.25) is 0 Å². The molecular formula is C15H26O2. The molecule has 0 unspecified atom stereocenters. The Morgan fingerprint density at radius 2 is 1.94 bits per heavy atom. The Kier molecular flexibility index (Phi) is 6.49. The fourth-order valence-electron chi connectivity index (χ4n) is 2.37. The molecule has 0 heterocycles. The minimum absolute atomic E-state index is 0.0175. The van der Waals surface area contributed by atoms with Gasteiger partial charge in [0.15, 0.2) is 5.78 Å². The van der Waals surface area contributed by atoms with Gasteiger partial charge in [0.25, 0.3) is 0 Å². The van der Waals surface area contributed by atoms with Crippen LogP contribution in [0.25, 0.3) is 0 Å². The van der Waals surface area contributed by atoms with Gasteiger partial charge in [-0.05, 0) is 31.8 Å². The molecule has 1 aliphatic rings. The van der Waals surface area contributed by atoms with Crippen LogP contribution in [0.15, 0.2) is 12.2 Å². The molecule has 2 heteroatoms. The summed E-state index contributed by atoms with van der Waals surface area (Å²) >= 11 is 0. The molecule has 0 aromatic heterocycles. The SMILES string of the molecule is CCCCCCCCC(=O)[C@]1(O)C=CCCC1. The second-order valence-electron chi connectivity index (χ2n) is 5.16. The maximum absolute atomic E-state index is 11.9. The van der Waals surface area contributed by atoms with E-state index in [9.17, 15) is 9.90 Å². The zero-order chi connectivity index (χ0) is 12.6. The fraction of sp³-hybridized carbons (Fsp3) is 0.800. The predicted octanol–water partition coefficient (Wildman–Crippen LogP) is 3.78. The van der Waals surface area contributed by atoms with Crippen LogP contribution < -0.4 is 0 Å². The smallest absolute Gasteiger partial charge is 0.168 e. The minimum Gasteiger partial charge on any atom is -0.378 e. The normalized spacial score (nSPS) is 23.9. The number of rotatable bonds is 8. The van der Waals surface area contributed by atoms with Crippen molar-refractivity contribution in [2.24, 2.45) is 0 Å². The van der Waals surface area contributed by atoms with Crippen molar-refractivity contribution < 1.29 is 9.90 Å². The van der Waals surface area contributed by atoms with E-state index in [1.165, 1.54) is 25.7 Å². The van der Waals surface area contributed by atoms with Crippen LogP contribution in [0.3, 0.4) is 0 Å². The first-order valence-corrected chi connectivity index (χ1v) is 7.12. The molecule has 2 nitrogen and oxygen atoms in total. The van der Waals surface area contributed by atoms with E-state index in [-0.39, 0.29) is 5.78 Å². The first-order chi connectivity index (χ1) is 8.19. The summed E-state index contributed by atoms with van der Waals surface area (Å²) in [6, 6.07) is 0. The summed E-state index contributed by atoms with van der Waals surface area (Å²) < 4.78 is 0. The molecule has 0 bridgehead atoms. The third-order valence-corrected chi connectivity index (χ3v) is 3.56. The quantitative estimate of drug-likeness (QED) is 0.516. The van der Waals surface area contributed by atoms with Crippen molar-refractivity contribution in [1.29, 1.82) is 0 Å². The number of hydrogen-bond donors (Lipinski definition) is 1. The van der Waals surface area contributed by atoms with Crippen LogP contribution in [0.1, 0.15) is 71.1 Å². The highest BCUT2D eigenvalue weighted by Crippen LogP contribution is 2.25. The molecule has 0 saturated heterocycles. The fourth-order valence-corrected chi connectivity index (χ4v) is 2.37. The van der Waals surface area contributed by atoms with Crippen LogP contribution in [-0.4, -0.2) is 16.5 Å². The average Bonchev–Trinajstić information content (AvgIpc) is 2.34. The van der Waals surface area contributed by atoms with Crippen molar-refractivity contribution in [3.05, 3.63) is 12.2 Å². The van der Waals surface area contributed by atoms with E-state index in [4.69, 9.17) is 0 Å². The van der Waals surface area contributed by atoms with Crippen molar-refractivity contribution in [1.82, 2.24) is 0 Å². The van der Waals surface area contributed by atoms with E-state index < -0.39 is 5.60 Å². The maximum Gasteiger partial charge on any atom is 0.168 e. The summed E-state index contributed by atoms with van der Waals surface area (Å²) in [7, 11) is 0. The van der Waals surface area contributed by atoms with Crippen LogP contribution in [0.2, 0.25) is 0 Å². The lowest BCUT2D eigenvalue weighted by Gasteiger charge is -2.25. The van der Waals surface area contributed by atoms with Crippen molar-refractivity contribution in [2.45, 2.75) is 76.7 Å². The molecule has 0 saturated carbocycles. The highest BCUT2D eigenvalue weighted by molar-refractivity contribution is 5.89. The van der Waals surface area contributed by atoms with E-state index in [2.05, 4.69) is 6.92 Å². The van der Waals surface area contributed by atoms with Crippen molar-refractivity contribution >= 4 is 5.78 Å². The molecule has 17 heavy (non-hydrogen) atoms. The number of hydrogen-bond acceptors (Lipinski definition) is 2. The van der Waals surface area contributed by atoms with Gasteiger partial charge in [0.05, 0.1) is 0 Å². The van der Waals surface area contributed by atoms with Crippen molar-refractivity contribution in [3.63, 3.8) is 0 Å². The number of aliphatic hydroxyl groups is 1. The lowest BCUT2D eigenvalue weighted by atomic mass is 9.85. The molecule has 0 aliphatic heterocycles. The number of unbranched alkanes of at least 4 members (excludes halogenated alkanes) is 5. The molecule has 0 fully saturated rings. The number of carbonyl (C=O) groups excluding carboxylic acids is 1. The number of Topliss-reactive ketones (excluding diaryl/α,β-unsaturated/α-hetero) is 1. The highest BCUT2D eigenvalue weighted by Gasteiger charge is 2.32. The third kappa shape index (κ3) is 5.03. The summed E-state index contributed by atoms with van der Waals surface area (Å²) in [6.45, 7) is 2.20. The topological polar surface area (TPSA) is 37.3 Å². The van der Waals surface area contributed by atoms with Crippen molar-refractivity contribution in [2.75, 3.05) is 0 Å². The van der Waals surface area contributed by atoms with Crippen LogP contribution in [-0.2, 0) is 4.79 Å². The van der Waals surface area contributed by atoms with E-state index in [1.54, 1.807) is 6.08 Å². The maximum atomic E-state index is 11.9. The van der Waals surface area contributed by atoms with Gasteiger partial charge in [0.1, 0.15) is 5.60 Å². The molecule has 1 rings (SSSR count). The van der Waals surface area contributed by atoms with Gasteiger partial charge in [-0.2, -0.15) is 0 Å². The molecular weight excluding hydrogens is 212 g/mol. The zero-order valence-corrected chi connectivity index (χ0v) is 11.1. The van der Waals surface area contributed by atoms with E-state index in [1.807, 2.05) is 6.08 Å². The Labute approximate surface area is 105 Å². The minimum atomic E-state index is -1.14. The standard InChI is InChI=1S/C15H26O2/c1-2-3-4-5-6-8-11-14(16)15(17)12-9-7-10-13-15/h9,12,17H,2-8,10-11,13H2,1H3/t15-/m0/s1. The summed E-state index contributed by atoms with van der Waals surface area (Å²) in [4.78, 5) is 11.9. The molecule has 1 aliphatic carbocycles. The lowest BCUT2D eigenvalue weighted by Crippen LogP contribution is -2.37. The van der Waals surface area contributed by atoms with Gasteiger partial charge in [-0.1, -0.05) is 45.1 Å². The molecule has 0 amide bonds. The third-order valence-electron chi connectivity index (χ3n) is 3.56. The van der Waals surface area contributed by atoms with Gasteiger partial charge < -0.3 is 5.11 Å². The van der Waals surface area contributed by atoms with Gasteiger partial charge in [-0.15, -0.1) is 0 Å². The van der Waals surface area contributed by atoms with Crippen molar-refractivity contribution in [3.8, 4) is 0 Å². The molecule has 0 aromatic carbocycles. The Morgan fingerprint density at radius 1 is 1.24 bits per heavy atom. The number of carbonyl (C=O) groups is 1. The Hall–Kier alpha value is -0.630. The average molecular weight is 238 g/mol. The highest BCUT2D eigenvalue weighted by atomic mass is 16.3. The summed E-state index contributed by atoms with van der Waals surface area (Å²) in [6.07, 6.45) is 13.8. The predicted molar refractivity (Wildman–Crippen MR) is 70.9 cm³/mol. The summed E-state index contributed by atoms with van der Waals surface area (Å²) in [5, 5.41) is 10.1. The Balaban J connectivity index is 2.16. The Bertz CT molecular complexity index is 258. The number of ketones is 1. The van der Waals surface area contributed by atoms with Crippen LogP contribution in [0.4, 0.5) is 0 Å². The van der Waals surface area contributed by atoms with Gasteiger partial charge in [-0.25, -0.2) is 0 Å². The second kappa shape index (κ2) is 7.65. The van der Waals surface area contributed by atoms with E-state index in [0.29, 0.717) is 12.8 Å². The second-order valence-corrected chi connectivity index (χ2v) is 5.16. The van der Waals surface area contributed by atoms with Crippen LogP contribution in [0.5, 0.6) is 0 Å². The molecule has 1 atom stereocenters. The molecule has 0 radical (unpaired) electrons. The lowest BCUT2D eigenvalue weighted by molar-refractivity contribution is -0.134. The summed E-state index contributed by atoms with van der Waals surface area (Å²) in [5.74, 6) is 0.0175. The molecule has 1 N–H and O–H groups in total. The first kappa shape index (κ1) is 14.4. The molecule has 0 aromatic rings. The molecule has 98 valence electrons. The first-order valence-electron chi connectivity index (χ1n) is 7.12. The largest absolute Gasteiger partial charge is 0.378 e. The zero-order valence-electron chi connectivity index (χ0n) is 11.1. The van der Waals surface area contributed by atoms with E-state index in [0.717, 1.165) is 25.7 Å². The van der Waals surface area contributed by atoms with Crippen LogP contribution in [0, 0.1) is 0 Å². The van der Waals surface area contributed by atoms with Crippen LogP contribution >= 0.6 is 0 Å². The van der Waals surface area contributed by atoms with Gasteiger partial charge in [-0.3, -0.25) is 4.79 Å². The van der Waals surface area contributed by atoms with Gasteiger partial charge in [0, 0.05) is 6.42 Å².